The third-order valence-corrected chi connectivity index (χ3v) is 3.10. The highest BCUT2D eigenvalue weighted by Crippen LogP contribution is 2.42. The van der Waals surface area contributed by atoms with Crippen LogP contribution in [-0.2, 0) is 14.9 Å². The number of fused-ring (bicyclic) bond motifs is 1. The number of carbonyl (C=O) groups excluding carboxylic acids is 1. The Kier molecular flexibility index (Phi) is 4.94. The van der Waals surface area contributed by atoms with Crippen molar-refractivity contribution in [1.82, 2.24) is 0 Å². The highest BCUT2D eigenvalue weighted by atomic mass is 16.5. The highest BCUT2D eigenvalue weighted by Gasteiger charge is 2.25. The van der Waals surface area contributed by atoms with Crippen LogP contribution in [0.5, 0.6) is 0 Å². The van der Waals surface area contributed by atoms with Gasteiger partial charge in [0.2, 0.25) is 0 Å². The lowest BCUT2D eigenvalue weighted by atomic mass is 9.74. The molecule has 2 nitrogen and oxygen atoms in total. The van der Waals surface area contributed by atoms with Gasteiger partial charge in [0.15, 0.2) is 0 Å². The van der Waals surface area contributed by atoms with Gasteiger partial charge in [-0.15, -0.1) is 0 Å². The van der Waals surface area contributed by atoms with Crippen molar-refractivity contribution in [3.8, 4) is 11.1 Å². The standard InChI is InChI=1S/C10H12.C6H12O2/c1-10(2,3)9-6-7-4-5-8(7)9;1-3-4-5-6(7)8-2/h4-6H,1-3H3;3-5H2,1-2H3. The van der Waals surface area contributed by atoms with Crippen LogP contribution in [0, 0.1) is 0 Å². The van der Waals surface area contributed by atoms with E-state index in [1.165, 1.54) is 23.8 Å². The Balaban J connectivity index is 0.000000187. The second-order valence-electron chi connectivity index (χ2n) is 5.69. The quantitative estimate of drug-likeness (QED) is 0.756. The first kappa shape index (κ1) is 14.7. The van der Waals surface area contributed by atoms with Gasteiger partial charge in [-0.1, -0.05) is 46.2 Å². The minimum Gasteiger partial charge on any atom is -0.469 e. The lowest BCUT2D eigenvalue weighted by molar-refractivity contribution is -0.140. The van der Waals surface area contributed by atoms with Crippen molar-refractivity contribution in [3.63, 3.8) is 0 Å². The van der Waals surface area contributed by atoms with Crippen LogP contribution in [-0.4, -0.2) is 13.1 Å². The van der Waals surface area contributed by atoms with Gasteiger partial charge in [0.05, 0.1) is 7.11 Å². The van der Waals surface area contributed by atoms with Crippen molar-refractivity contribution in [2.45, 2.75) is 52.4 Å². The molecule has 0 aliphatic heterocycles. The molecule has 2 rings (SSSR count). The number of hydrogen-bond acceptors (Lipinski definition) is 2. The SMILES string of the molecule is CC(C)(C)c1cc2ccc1-2.CCCCC(=O)OC. The number of ether oxygens (including phenoxy) is 1. The first-order valence-electron chi connectivity index (χ1n) is 6.62. The Morgan fingerprint density at radius 2 is 1.94 bits per heavy atom. The van der Waals surface area contributed by atoms with Crippen molar-refractivity contribution in [2.24, 2.45) is 0 Å². The van der Waals surface area contributed by atoms with Gasteiger partial charge in [0.25, 0.3) is 0 Å². The van der Waals surface area contributed by atoms with E-state index in [9.17, 15) is 4.79 Å². The number of carbonyl (C=O) groups is 1. The van der Waals surface area contributed by atoms with E-state index in [0.29, 0.717) is 11.8 Å². The summed E-state index contributed by atoms with van der Waals surface area (Å²) in [6.45, 7) is 8.82. The molecule has 100 valence electrons. The van der Waals surface area contributed by atoms with E-state index in [0.717, 1.165) is 12.8 Å². The van der Waals surface area contributed by atoms with E-state index >= 15 is 0 Å². The molecule has 0 spiro atoms. The summed E-state index contributed by atoms with van der Waals surface area (Å²) in [4.78, 5) is 10.3. The van der Waals surface area contributed by atoms with E-state index in [2.05, 4.69) is 43.7 Å². The van der Waals surface area contributed by atoms with E-state index in [1.807, 2.05) is 6.92 Å². The van der Waals surface area contributed by atoms with Crippen LogP contribution in [0.1, 0.15) is 52.5 Å². The minimum atomic E-state index is -0.105. The van der Waals surface area contributed by atoms with Gasteiger partial charge in [-0.3, -0.25) is 4.79 Å². The molecule has 2 aliphatic rings. The average Bonchev–Trinajstić information content (AvgIpc) is 2.29. The van der Waals surface area contributed by atoms with Crippen molar-refractivity contribution < 1.29 is 9.53 Å². The van der Waals surface area contributed by atoms with Crippen molar-refractivity contribution >= 4 is 5.97 Å². The Morgan fingerprint density at radius 3 is 2.17 bits per heavy atom. The Morgan fingerprint density at radius 1 is 1.28 bits per heavy atom. The maximum atomic E-state index is 10.3. The van der Waals surface area contributed by atoms with Gasteiger partial charge in [0, 0.05) is 6.42 Å². The second kappa shape index (κ2) is 6.03. The number of esters is 1. The second-order valence-corrected chi connectivity index (χ2v) is 5.69. The van der Waals surface area contributed by atoms with Gasteiger partial charge in [-0.2, -0.15) is 0 Å². The summed E-state index contributed by atoms with van der Waals surface area (Å²) in [6.07, 6.45) is 2.55. The molecule has 2 aliphatic carbocycles. The summed E-state index contributed by atoms with van der Waals surface area (Å²) >= 11 is 0. The van der Waals surface area contributed by atoms with Crippen LogP contribution in [0.15, 0.2) is 18.2 Å². The fraction of sp³-hybridized carbons (Fsp3) is 0.562. The lowest BCUT2D eigenvalue weighted by Crippen LogP contribution is -2.17. The summed E-state index contributed by atoms with van der Waals surface area (Å²) in [5, 5.41) is 0. The predicted octanol–water partition coefficient (Wildman–Crippen LogP) is 4.31. The zero-order valence-electron chi connectivity index (χ0n) is 12.2. The van der Waals surface area contributed by atoms with Crippen LogP contribution in [0.3, 0.4) is 0 Å². The number of rotatable bonds is 3. The molecule has 0 aromatic rings. The van der Waals surface area contributed by atoms with Crippen molar-refractivity contribution in [1.29, 1.82) is 0 Å². The van der Waals surface area contributed by atoms with Gasteiger partial charge < -0.3 is 4.74 Å². The van der Waals surface area contributed by atoms with Crippen molar-refractivity contribution in [3.05, 3.63) is 23.8 Å². The molecule has 0 aromatic heterocycles. The average molecular weight is 248 g/mol. The largest absolute Gasteiger partial charge is 0.469 e. The number of methoxy groups -OCH3 is 1. The number of hydrogen-bond donors (Lipinski definition) is 0. The van der Waals surface area contributed by atoms with Gasteiger partial charge >= 0.3 is 5.97 Å². The Labute approximate surface area is 110 Å². The fourth-order valence-corrected chi connectivity index (χ4v) is 1.83. The van der Waals surface area contributed by atoms with E-state index in [1.54, 1.807) is 0 Å². The topological polar surface area (TPSA) is 26.3 Å². The van der Waals surface area contributed by atoms with Crippen LogP contribution in [0.4, 0.5) is 0 Å². The van der Waals surface area contributed by atoms with Crippen LogP contribution in [0.25, 0.3) is 11.1 Å². The monoisotopic (exact) mass is 248 g/mol. The molecule has 0 aromatic carbocycles. The smallest absolute Gasteiger partial charge is 0.305 e. The maximum absolute atomic E-state index is 10.3. The maximum Gasteiger partial charge on any atom is 0.305 e. The van der Waals surface area contributed by atoms with Crippen LogP contribution >= 0.6 is 0 Å². The molecule has 2 heteroatoms. The molecular formula is C16H24O2. The summed E-state index contributed by atoms with van der Waals surface area (Å²) in [5.41, 5.74) is 4.81. The zero-order valence-corrected chi connectivity index (χ0v) is 12.2. The molecule has 0 unspecified atom stereocenters. The molecule has 0 bridgehead atoms. The van der Waals surface area contributed by atoms with E-state index in [-0.39, 0.29) is 5.97 Å². The molecule has 0 saturated carbocycles. The molecule has 18 heavy (non-hydrogen) atoms. The fourth-order valence-electron chi connectivity index (χ4n) is 1.83. The molecule has 0 atom stereocenters. The summed E-state index contributed by atoms with van der Waals surface area (Å²) in [5.74, 6) is -0.105. The minimum absolute atomic E-state index is 0.105. The normalized spacial score (nSPS) is 11.4. The van der Waals surface area contributed by atoms with Gasteiger partial charge in [-0.05, 0) is 34.6 Å². The first-order valence-corrected chi connectivity index (χ1v) is 6.62. The zero-order chi connectivity index (χ0) is 13.8. The van der Waals surface area contributed by atoms with E-state index < -0.39 is 0 Å². The molecule has 0 fully saturated rings. The molecule has 0 N–H and O–H groups in total. The molecule has 0 amide bonds. The summed E-state index contributed by atoms with van der Waals surface area (Å²) in [7, 11) is 1.41. The third kappa shape index (κ3) is 3.59. The Hall–Kier alpha value is -1.31. The Bertz CT molecular complexity index is 414. The number of benzene rings is 1. The third-order valence-electron chi connectivity index (χ3n) is 3.10. The van der Waals surface area contributed by atoms with Crippen LogP contribution in [0.2, 0.25) is 0 Å². The first-order chi connectivity index (χ1) is 8.40. The van der Waals surface area contributed by atoms with Gasteiger partial charge in [0.1, 0.15) is 0 Å². The molecule has 0 saturated heterocycles. The molecule has 0 heterocycles. The molecule has 0 radical (unpaired) electrons. The van der Waals surface area contributed by atoms with Gasteiger partial charge in [-0.25, -0.2) is 0 Å². The van der Waals surface area contributed by atoms with Crippen molar-refractivity contribution in [2.75, 3.05) is 7.11 Å². The highest BCUT2D eigenvalue weighted by molar-refractivity contribution is 5.82. The predicted molar refractivity (Wildman–Crippen MR) is 75.7 cm³/mol. The summed E-state index contributed by atoms with van der Waals surface area (Å²) < 4.78 is 4.41. The number of unbranched alkanes of at least 4 members (excludes halogenated alkanes) is 1. The van der Waals surface area contributed by atoms with E-state index in [4.69, 9.17) is 0 Å². The van der Waals surface area contributed by atoms with Crippen LogP contribution < -0.4 is 0 Å². The lowest BCUT2D eigenvalue weighted by Gasteiger charge is -2.30. The summed E-state index contributed by atoms with van der Waals surface area (Å²) in [6, 6.07) is 6.66. The molecular weight excluding hydrogens is 224 g/mol.